The number of anilines is 2. The van der Waals surface area contributed by atoms with E-state index >= 15 is 0 Å². The number of aliphatic imine (C=N–C) groups is 3. The topological polar surface area (TPSA) is 96.5 Å². The van der Waals surface area contributed by atoms with Crippen LogP contribution in [0.4, 0.5) is 30.2 Å². The van der Waals surface area contributed by atoms with Gasteiger partial charge in [0.1, 0.15) is 11.5 Å². The predicted octanol–water partition coefficient (Wildman–Crippen LogP) is 9.11. The third-order valence-electron chi connectivity index (χ3n) is 8.28. The molecular weight excluding hydrogens is 631 g/mol. The van der Waals surface area contributed by atoms with Gasteiger partial charge in [-0.05, 0) is 88.6 Å². The quantitative estimate of drug-likeness (QED) is 0.153. The molecule has 0 saturated carbocycles. The van der Waals surface area contributed by atoms with Crippen LogP contribution in [0.3, 0.4) is 0 Å². The van der Waals surface area contributed by atoms with E-state index in [0.717, 1.165) is 74.3 Å². The molecule has 0 radical (unpaired) electrons. The van der Waals surface area contributed by atoms with Crippen molar-refractivity contribution in [1.29, 1.82) is 0 Å². The minimum atomic E-state index is -5.09. The first kappa shape index (κ1) is 37.3. The molecule has 0 aliphatic carbocycles. The number of halogens is 3. The first-order chi connectivity index (χ1) is 23.4. The van der Waals surface area contributed by atoms with Crippen molar-refractivity contribution in [2.75, 3.05) is 29.9 Å². The molecule has 0 fully saturated rings. The van der Waals surface area contributed by atoms with Gasteiger partial charge >= 0.3 is 12.1 Å². The van der Waals surface area contributed by atoms with E-state index in [0.29, 0.717) is 18.0 Å². The number of hydrogen-bond acceptors (Lipinski definition) is 6. The molecule has 9 nitrogen and oxygen atoms in total. The highest BCUT2D eigenvalue weighted by Gasteiger charge is 2.39. The Bertz CT molecular complexity index is 1690. The molecule has 1 aromatic heterocycles. The Balaban J connectivity index is 1.76. The smallest absolute Gasteiger partial charge is 0.471 e. The van der Waals surface area contributed by atoms with Gasteiger partial charge in [0.2, 0.25) is 0 Å². The van der Waals surface area contributed by atoms with Crippen LogP contribution < -0.4 is 15.0 Å². The zero-order valence-corrected chi connectivity index (χ0v) is 29.5. The molecule has 1 N–H and O–H groups in total. The number of amides is 1. The largest absolute Gasteiger partial charge is 0.494 e. The van der Waals surface area contributed by atoms with Crippen molar-refractivity contribution < 1.29 is 22.7 Å². The summed E-state index contributed by atoms with van der Waals surface area (Å²) < 4.78 is 47.9. The van der Waals surface area contributed by atoms with Crippen molar-refractivity contribution in [2.24, 2.45) is 15.0 Å². The van der Waals surface area contributed by atoms with Crippen LogP contribution in [0.25, 0.3) is 0 Å². The molecule has 2 heterocycles. The maximum atomic E-state index is 13.4. The minimum absolute atomic E-state index is 0.0907. The fraction of sp³-hybridized carbons (Fsp3) is 0.486. The normalized spacial score (nSPS) is 13.9. The number of alkyl halides is 3. The number of ether oxygens (including phenoxy) is 1. The summed E-state index contributed by atoms with van der Waals surface area (Å²) in [4.78, 5) is 28.8. The number of benzene rings is 2. The lowest BCUT2D eigenvalue weighted by Crippen LogP contribution is -2.31. The molecule has 4 rings (SSSR count). The first-order valence-corrected chi connectivity index (χ1v) is 17.3. The van der Waals surface area contributed by atoms with Gasteiger partial charge in [-0.2, -0.15) is 23.3 Å². The minimum Gasteiger partial charge on any atom is -0.494 e. The van der Waals surface area contributed by atoms with Crippen molar-refractivity contribution in [3.63, 3.8) is 0 Å². The van der Waals surface area contributed by atoms with E-state index in [1.54, 1.807) is 16.8 Å². The van der Waals surface area contributed by atoms with Crippen LogP contribution in [0.2, 0.25) is 0 Å². The Morgan fingerprint density at radius 3 is 2.31 bits per heavy atom. The second kappa shape index (κ2) is 17.3. The van der Waals surface area contributed by atoms with Gasteiger partial charge in [-0.1, -0.05) is 52.4 Å². The van der Waals surface area contributed by atoms with Crippen molar-refractivity contribution in [2.45, 2.75) is 99.1 Å². The molecule has 1 aliphatic rings. The van der Waals surface area contributed by atoms with Crippen LogP contribution in [-0.2, 0) is 4.79 Å². The lowest BCUT2D eigenvalue weighted by Gasteiger charge is -2.23. The van der Waals surface area contributed by atoms with Crippen molar-refractivity contribution in [1.82, 2.24) is 9.78 Å². The van der Waals surface area contributed by atoms with E-state index in [1.807, 2.05) is 44.3 Å². The van der Waals surface area contributed by atoms with Crippen molar-refractivity contribution >= 4 is 40.5 Å². The molecule has 0 unspecified atom stereocenters. The molecule has 1 amide bonds. The zero-order valence-electron chi connectivity index (χ0n) is 29.5. The van der Waals surface area contributed by atoms with Gasteiger partial charge in [0.25, 0.3) is 5.96 Å². The molecule has 49 heavy (non-hydrogen) atoms. The highest BCUT2D eigenvalue weighted by molar-refractivity contribution is 6.54. The summed E-state index contributed by atoms with van der Waals surface area (Å²) >= 11 is 0. The second-order valence-corrected chi connectivity index (χ2v) is 12.3. The summed E-state index contributed by atoms with van der Waals surface area (Å²) in [5, 5.41) is 6.54. The average molecular weight is 680 g/mol. The number of nitrogens with one attached hydrogen (secondary N) is 1. The van der Waals surface area contributed by atoms with E-state index < -0.39 is 12.1 Å². The molecule has 0 saturated heterocycles. The third-order valence-corrected chi connectivity index (χ3v) is 8.28. The molecule has 3 aromatic rings. The van der Waals surface area contributed by atoms with Gasteiger partial charge in [0.05, 0.1) is 23.7 Å². The Morgan fingerprint density at radius 1 is 0.918 bits per heavy atom. The second-order valence-electron chi connectivity index (χ2n) is 12.3. The van der Waals surface area contributed by atoms with Gasteiger partial charge in [-0.15, -0.1) is 0 Å². The fourth-order valence-corrected chi connectivity index (χ4v) is 5.59. The lowest BCUT2D eigenvalue weighted by molar-refractivity contribution is -0.167. The fourth-order valence-electron chi connectivity index (χ4n) is 5.59. The lowest BCUT2D eigenvalue weighted by atomic mass is 10.1. The Labute approximate surface area is 287 Å². The Hall–Kier alpha value is -4.48. The van der Waals surface area contributed by atoms with E-state index in [4.69, 9.17) is 19.7 Å². The Morgan fingerprint density at radius 2 is 1.65 bits per heavy atom. The number of carbonyl (C=O) groups is 1. The van der Waals surface area contributed by atoms with E-state index in [1.165, 1.54) is 18.9 Å². The molecule has 12 heteroatoms. The average Bonchev–Trinajstić information content (AvgIpc) is 3.63. The molecule has 0 spiro atoms. The van der Waals surface area contributed by atoms with Crippen molar-refractivity contribution in [3.05, 3.63) is 65.0 Å². The van der Waals surface area contributed by atoms with Gasteiger partial charge in [0, 0.05) is 30.0 Å². The summed E-state index contributed by atoms with van der Waals surface area (Å²) in [6.07, 6.45) is 3.59. The van der Waals surface area contributed by atoms with Gasteiger partial charge < -0.3 is 15.0 Å². The molecule has 1 aliphatic heterocycles. The maximum absolute atomic E-state index is 13.4. The van der Waals surface area contributed by atoms with Gasteiger partial charge in [-0.3, -0.25) is 4.79 Å². The van der Waals surface area contributed by atoms with E-state index in [-0.39, 0.29) is 28.8 Å². The summed E-state index contributed by atoms with van der Waals surface area (Å²) in [6.45, 7) is 14.4. The highest BCUT2D eigenvalue weighted by Crippen LogP contribution is 2.31. The predicted molar refractivity (Wildman–Crippen MR) is 192 cm³/mol. The maximum Gasteiger partial charge on any atom is 0.471 e. The molecule has 0 atom stereocenters. The molecule has 2 aromatic carbocycles. The monoisotopic (exact) mass is 679 g/mol. The number of aromatic nitrogens is 2. The van der Waals surface area contributed by atoms with Crippen LogP contribution in [0.1, 0.15) is 94.7 Å². The number of carbonyl (C=O) groups excluding carboxylic acids is 1. The summed E-state index contributed by atoms with van der Waals surface area (Å²) in [5.74, 6) is -1.28. The van der Waals surface area contributed by atoms with Crippen LogP contribution in [0.5, 0.6) is 5.75 Å². The zero-order chi connectivity index (χ0) is 35.6. The summed E-state index contributed by atoms with van der Waals surface area (Å²) in [5.41, 5.74) is 4.43. The third kappa shape index (κ3) is 10.0. The molecule has 0 bridgehead atoms. The molecular formula is C37H48F3N7O2. The van der Waals surface area contributed by atoms with Crippen molar-refractivity contribution in [3.8, 4) is 5.75 Å². The SMILES string of the molecule is CCCCCCCCOc1ccc(NC(=O)C(F)(F)F)c(C2=NC(n3nc(C)cc3C)=NC2=Nc2ccc(N(CC)CCCC)cc2C)c1. The van der Waals surface area contributed by atoms with Gasteiger partial charge in [-0.25, -0.2) is 14.7 Å². The first-order valence-electron chi connectivity index (χ1n) is 17.3. The number of hydrogen-bond donors (Lipinski definition) is 1. The van der Waals surface area contributed by atoms with E-state index in [9.17, 15) is 18.0 Å². The standard InChI is InChI=1S/C37H48F3N7O2/c1-7-10-12-13-14-15-21-49-29-17-19-32(42-35(48)37(38,39)40)30(24-29)33-34(44-36(43-33)47-27(6)23-26(5)45-47)41-31-18-16-28(22-25(31)4)46(9-3)20-11-8-2/h16-19,22-24H,7-15,20-21H2,1-6H3,(H,42,48). The Kier molecular flexibility index (Phi) is 13.2. The van der Waals surface area contributed by atoms with Gasteiger partial charge in [0.15, 0.2) is 5.84 Å². The summed E-state index contributed by atoms with van der Waals surface area (Å²) in [6, 6.07) is 12.4. The number of nitrogens with zero attached hydrogens (tertiary/aromatic N) is 6. The van der Waals surface area contributed by atoms with Crippen LogP contribution >= 0.6 is 0 Å². The molecule has 264 valence electrons. The summed E-state index contributed by atoms with van der Waals surface area (Å²) in [7, 11) is 0. The van der Waals surface area contributed by atoms with Crippen LogP contribution in [0.15, 0.2) is 57.4 Å². The number of aryl methyl sites for hydroxylation is 3. The van der Waals surface area contributed by atoms with Crippen LogP contribution in [-0.4, -0.2) is 59.1 Å². The van der Waals surface area contributed by atoms with E-state index in [2.05, 4.69) is 36.8 Å². The number of rotatable bonds is 16. The van der Waals surface area contributed by atoms with Crippen LogP contribution in [0, 0.1) is 20.8 Å². The number of amidine groups is 1. The highest BCUT2D eigenvalue weighted by atomic mass is 19.4. The number of unbranched alkanes of at least 4 members (excludes halogenated alkanes) is 6.